The minimum Gasteiger partial charge on any atom is -0.299 e. The molecule has 0 saturated heterocycles. The summed E-state index contributed by atoms with van der Waals surface area (Å²) in [7, 11) is -3.82. The van der Waals surface area contributed by atoms with Crippen molar-refractivity contribution in [3.05, 3.63) is 41.5 Å². The van der Waals surface area contributed by atoms with Gasteiger partial charge in [0.15, 0.2) is 0 Å². The van der Waals surface area contributed by atoms with Crippen LogP contribution in [-0.4, -0.2) is 43.3 Å². The van der Waals surface area contributed by atoms with Gasteiger partial charge in [-0.1, -0.05) is 35.9 Å². The van der Waals surface area contributed by atoms with E-state index in [0.29, 0.717) is 13.0 Å². The number of hydrogen-bond donors (Lipinski definition) is 1. The second kappa shape index (κ2) is 6.52. The van der Waals surface area contributed by atoms with Crippen molar-refractivity contribution < 1.29 is 13.0 Å². The lowest BCUT2D eigenvalue weighted by Gasteiger charge is -2.26. The lowest BCUT2D eigenvalue weighted by Crippen LogP contribution is -2.30. The van der Waals surface area contributed by atoms with Crippen molar-refractivity contribution in [3.8, 4) is 0 Å². The zero-order valence-electron chi connectivity index (χ0n) is 11.7. The third-order valence-corrected chi connectivity index (χ3v) is 4.40. The molecule has 1 N–H and O–H groups in total. The van der Waals surface area contributed by atoms with Gasteiger partial charge in [0.05, 0.1) is 5.75 Å². The Morgan fingerprint density at radius 3 is 2.50 bits per heavy atom. The average Bonchev–Trinajstić information content (AvgIpc) is 2.39. The Morgan fingerprint density at radius 1 is 1.25 bits per heavy atom. The van der Waals surface area contributed by atoms with E-state index in [1.807, 2.05) is 0 Å². The highest BCUT2D eigenvalue weighted by molar-refractivity contribution is 7.85. The summed E-state index contributed by atoms with van der Waals surface area (Å²) in [5, 5.41) is 0. The molecule has 0 aliphatic carbocycles. The van der Waals surface area contributed by atoms with Crippen LogP contribution in [0.3, 0.4) is 0 Å². The molecule has 1 heterocycles. The topological polar surface area (TPSA) is 57.6 Å². The average molecular weight is 295 g/mol. The van der Waals surface area contributed by atoms with Gasteiger partial charge in [-0.2, -0.15) is 8.42 Å². The largest absolute Gasteiger partial charge is 0.299 e. The van der Waals surface area contributed by atoms with E-state index in [9.17, 15) is 8.42 Å². The maximum atomic E-state index is 10.7. The molecule has 20 heavy (non-hydrogen) atoms. The molecule has 5 heteroatoms. The minimum atomic E-state index is -3.82. The normalized spacial score (nSPS) is 17.0. The molecule has 2 rings (SSSR count). The first-order valence-corrected chi connectivity index (χ1v) is 8.48. The van der Waals surface area contributed by atoms with Gasteiger partial charge in [0.25, 0.3) is 10.1 Å². The van der Waals surface area contributed by atoms with Crippen LogP contribution in [0.25, 0.3) is 5.57 Å². The summed E-state index contributed by atoms with van der Waals surface area (Å²) in [6.07, 6.45) is 3.67. The van der Waals surface area contributed by atoms with Gasteiger partial charge in [-0.3, -0.25) is 9.45 Å². The van der Waals surface area contributed by atoms with E-state index in [-0.39, 0.29) is 5.75 Å². The Morgan fingerprint density at radius 2 is 1.95 bits per heavy atom. The van der Waals surface area contributed by atoms with Gasteiger partial charge >= 0.3 is 0 Å². The van der Waals surface area contributed by atoms with E-state index < -0.39 is 10.1 Å². The molecule has 0 atom stereocenters. The molecule has 1 aromatic carbocycles. The van der Waals surface area contributed by atoms with Crippen LogP contribution in [0.15, 0.2) is 30.3 Å². The van der Waals surface area contributed by atoms with Crippen LogP contribution in [0.2, 0.25) is 0 Å². The Kier molecular flexibility index (Phi) is 4.96. The van der Waals surface area contributed by atoms with Crippen molar-refractivity contribution in [1.29, 1.82) is 0 Å². The highest BCUT2D eigenvalue weighted by Crippen LogP contribution is 2.22. The van der Waals surface area contributed by atoms with E-state index in [1.54, 1.807) is 0 Å². The number of benzene rings is 1. The maximum Gasteiger partial charge on any atom is 0.264 e. The summed E-state index contributed by atoms with van der Waals surface area (Å²) in [5.41, 5.74) is 3.89. The number of hydrogen-bond acceptors (Lipinski definition) is 3. The molecular formula is C15H21NO3S. The molecule has 0 radical (unpaired) electrons. The van der Waals surface area contributed by atoms with Crippen LogP contribution in [0.4, 0.5) is 0 Å². The number of nitrogens with zero attached hydrogens (tertiary/aromatic N) is 1. The zero-order valence-corrected chi connectivity index (χ0v) is 12.6. The van der Waals surface area contributed by atoms with Crippen LogP contribution >= 0.6 is 0 Å². The fraction of sp³-hybridized carbons (Fsp3) is 0.467. The van der Waals surface area contributed by atoms with Gasteiger partial charge in [-0.15, -0.1) is 0 Å². The maximum absolute atomic E-state index is 10.7. The Hall–Kier alpha value is -1.17. The van der Waals surface area contributed by atoms with Crippen LogP contribution < -0.4 is 0 Å². The summed E-state index contributed by atoms with van der Waals surface area (Å²) in [4.78, 5) is 2.21. The predicted molar refractivity (Wildman–Crippen MR) is 81.2 cm³/mol. The van der Waals surface area contributed by atoms with Gasteiger partial charge in [-0.25, -0.2) is 0 Å². The molecule has 0 spiro atoms. The third kappa shape index (κ3) is 4.74. The van der Waals surface area contributed by atoms with E-state index in [1.165, 1.54) is 16.7 Å². The fourth-order valence-corrected chi connectivity index (χ4v) is 2.91. The van der Waals surface area contributed by atoms with Crippen molar-refractivity contribution in [2.75, 3.05) is 25.4 Å². The van der Waals surface area contributed by atoms with Gasteiger partial charge in [0, 0.05) is 13.1 Å². The Balaban J connectivity index is 1.85. The molecule has 0 unspecified atom stereocenters. The summed E-state index contributed by atoms with van der Waals surface area (Å²) in [5.74, 6) is -0.155. The van der Waals surface area contributed by atoms with Gasteiger partial charge in [0.2, 0.25) is 0 Å². The first kappa shape index (κ1) is 15.2. The van der Waals surface area contributed by atoms with Crippen LogP contribution in [0, 0.1) is 6.92 Å². The molecule has 1 aliphatic rings. The first-order chi connectivity index (χ1) is 9.44. The minimum absolute atomic E-state index is 0.155. The molecule has 1 aliphatic heterocycles. The van der Waals surface area contributed by atoms with Crippen molar-refractivity contribution in [1.82, 2.24) is 4.90 Å². The standard InChI is InChI=1S/C15H21NO3S/c1-13-3-5-14(6-4-13)15-7-10-16(11-8-15)9-2-12-20(17,18)19/h3-7H,2,8-12H2,1H3,(H,17,18,19). The van der Waals surface area contributed by atoms with E-state index in [4.69, 9.17) is 4.55 Å². The van der Waals surface area contributed by atoms with E-state index in [0.717, 1.165) is 19.5 Å². The lowest BCUT2D eigenvalue weighted by atomic mass is 9.98. The molecule has 4 nitrogen and oxygen atoms in total. The lowest BCUT2D eigenvalue weighted by molar-refractivity contribution is 0.302. The third-order valence-electron chi connectivity index (χ3n) is 3.59. The first-order valence-electron chi connectivity index (χ1n) is 6.88. The number of aryl methyl sites for hydroxylation is 1. The summed E-state index contributed by atoms with van der Waals surface area (Å²) in [6.45, 7) is 4.56. The van der Waals surface area contributed by atoms with Crippen molar-refractivity contribution >= 4 is 15.7 Å². The molecule has 0 amide bonds. The highest BCUT2D eigenvalue weighted by atomic mass is 32.2. The molecule has 0 bridgehead atoms. The Bertz CT molecular complexity index is 576. The SMILES string of the molecule is Cc1ccc(C2=CCN(CCCS(=O)(=O)O)CC2)cc1. The molecule has 0 fully saturated rings. The summed E-state index contributed by atoms with van der Waals surface area (Å²) in [6, 6.07) is 8.54. The second-order valence-electron chi connectivity index (χ2n) is 5.29. The monoisotopic (exact) mass is 295 g/mol. The van der Waals surface area contributed by atoms with E-state index >= 15 is 0 Å². The van der Waals surface area contributed by atoms with Gasteiger partial charge in [-0.05, 0) is 37.4 Å². The van der Waals surface area contributed by atoms with Crippen LogP contribution in [0.1, 0.15) is 24.0 Å². The van der Waals surface area contributed by atoms with Crippen molar-refractivity contribution in [2.45, 2.75) is 19.8 Å². The highest BCUT2D eigenvalue weighted by Gasteiger charge is 2.13. The van der Waals surface area contributed by atoms with Crippen molar-refractivity contribution in [3.63, 3.8) is 0 Å². The quantitative estimate of drug-likeness (QED) is 0.847. The second-order valence-corrected chi connectivity index (χ2v) is 6.86. The zero-order chi connectivity index (χ0) is 14.6. The van der Waals surface area contributed by atoms with Crippen molar-refractivity contribution in [2.24, 2.45) is 0 Å². The number of rotatable bonds is 5. The molecule has 1 aromatic rings. The summed E-state index contributed by atoms with van der Waals surface area (Å²) < 4.78 is 30.0. The van der Waals surface area contributed by atoms with Gasteiger partial charge < -0.3 is 0 Å². The Labute approximate surface area is 120 Å². The molecule has 0 saturated carbocycles. The van der Waals surface area contributed by atoms with E-state index in [2.05, 4.69) is 42.2 Å². The van der Waals surface area contributed by atoms with Crippen LogP contribution in [0.5, 0.6) is 0 Å². The molecular weight excluding hydrogens is 274 g/mol. The molecule has 110 valence electrons. The summed E-state index contributed by atoms with van der Waals surface area (Å²) >= 11 is 0. The smallest absolute Gasteiger partial charge is 0.264 e. The predicted octanol–water partition coefficient (Wildman–Crippen LogP) is 2.36. The fourth-order valence-electron chi connectivity index (χ4n) is 2.41. The van der Waals surface area contributed by atoms with Gasteiger partial charge in [0.1, 0.15) is 0 Å². The van der Waals surface area contributed by atoms with Crippen LogP contribution in [-0.2, 0) is 10.1 Å². The molecule has 0 aromatic heterocycles.